The Morgan fingerprint density at radius 2 is 1.92 bits per heavy atom. The van der Waals surface area contributed by atoms with E-state index in [1.54, 1.807) is 4.90 Å². The topological polar surface area (TPSA) is 76.2 Å². The zero-order valence-electron chi connectivity index (χ0n) is 13.0. The van der Waals surface area contributed by atoms with Crippen LogP contribution in [0.1, 0.15) is 19.3 Å². The van der Waals surface area contributed by atoms with Gasteiger partial charge in [-0.3, -0.25) is 4.79 Å². The maximum absolute atomic E-state index is 12.6. The normalized spacial score (nSPS) is 19.6. The number of carbonyl (C=O) groups excluding carboxylic acids is 1. The van der Waals surface area contributed by atoms with Gasteiger partial charge >= 0.3 is 18.3 Å². The highest BCUT2D eigenvalue weighted by atomic mass is 19.4. The molecular weight excluding hydrogens is 356 g/mol. The summed E-state index contributed by atoms with van der Waals surface area (Å²) in [6.45, 7) is -0.868. The summed E-state index contributed by atoms with van der Waals surface area (Å²) in [5, 5.41) is 5.53. The van der Waals surface area contributed by atoms with Crippen molar-refractivity contribution in [2.75, 3.05) is 23.7 Å². The predicted molar refractivity (Wildman–Crippen MR) is 76.7 cm³/mol. The first kappa shape index (κ1) is 19.2. The summed E-state index contributed by atoms with van der Waals surface area (Å²) in [4.78, 5) is 12.6. The number of anilines is 2. The van der Waals surface area contributed by atoms with Gasteiger partial charge < -0.3 is 16.0 Å². The third-order valence-corrected chi connectivity index (χ3v) is 3.79. The average Bonchev–Trinajstić information content (AvgIpc) is 2.67. The highest BCUT2D eigenvalue weighted by molar-refractivity contribution is 5.81. The van der Waals surface area contributed by atoms with E-state index in [9.17, 15) is 31.1 Å². The second kappa shape index (κ2) is 7.00. The van der Waals surface area contributed by atoms with Crippen LogP contribution in [0.2, 0.25) is 0 Å². The van der Waals surface area contributed by atoms with Crippen molar-refractivity contribution in [3.63, 3.8) is 0 Å². The number of alkyl halides is 6. The Morgan fingerprint density at radius 1 is 1.24 bits per heavy atom. The van der Waals surface area contributed by atoms with Crippen LogP contribution in [0.15, 0.2) is 6.20 Å². The molecule has 1 aliphatic heterocycles. The van der Waals surface area contributed by atoms with Crippen LogP contribution in [0.4, 0.5) is 37.8 Å². The number of aromatic nitrogens is 2. The van der Waals surface area contributed by atoms with E-state index in [-0.39, 0.29) is 30.9 Å². The molecule has 0 bridgehead atoms. The molecule has 0 radical (unpaired) electrons. The Balaban J connectivity index is 2.06. The van der Waals surface area contributed by atoms with Crippen LogP contribution in [-0.4, -0.2) is 47.2 Å². The van der Waals surface area contributed by atoms with Crippen molar-refractivity contribution >= 4 is 17.4 Å². The van der Waals surface area contributed by atoms with Crippen molar-refractivity contribution in [3.8, 4) is 0 Å². The number of hydrogen-bond acceptors (Lipinski definition) is 4. The number of amides is 1. The first-order chi connectivity index (χ1) is 11.5. The van der Waals surface area contributed by atoms with Crippen molar-refractivity contribution in [2.24, 2.45) is 0 Å². The molecule has 1 aromatic rings. The molecule has 1 unspecified atom stereocenters. The Labute approximate surface area is 138 Å². The number of nitrogens with one attached hydrogen (secondary N) is 1. The molecule has 1 fully saturated rings. The lowest BCUT2D eigenvalue weighted by molar-refractivity contribution is -0.174. The molecule has 1 aromatic heterocycles. The number of halogens is 6. The van der Waals surface area contributed by atoms with E-state index in [0.29, 0.717) is 13.0 Å². The van der Waals surface area contributed by atoms with Crippen molar-refractivity contribution in [2.45, 2.75) is 44.2 Å². The van der Waals surface area contributed by atoms with Gasteiger partial charge in [0.25, 0.3) is 0 Å². The summed E-state index contributed by atoms with van der Waals surface area (Å²) in [7, 11) is 0. The predicted octanol–water partition coefficient (Wildman–Crippen LogP) is 2.06. The first-order valence-electron chi connectivity index (χ1n) is 7.48. The van der Waals surface area contributed by atoms with Gasteiger partial charge in [0.05, 0.1) is 11.9 Å². The molecule has 142 valence electrons. The summed E-state index contributed by atoms with van der Waals surface area (Å²) < 4.78 is 75.5. The van der Waals surface area contributed by atoms with Crippen molar-refractivity contribution in [1.29, 1.82) is 0 Å². The zero-order chi connectivity index (χ0) is 18.8. The van der Waals surface area contributed by atoms with Gasteiger partial charge in [0.15, 0.2) is 5.82 Å². The monoisotopic (exact) mass is 373 g/mol. The summed E-state index contributed by atoms with van der Waals surface area (Å²) in [5.74, 6) is -1.94. The Kier molecular flexibility index (Phi) is 5.37. The molecule has 12 heteroatoms. The van der Waals surface area contributed by atoms with Crippen molar-refractivity contribution in [1.82, 2.24) is 15.1 Å². The summed E-state index contributed by atoms with van der Waals surface area (Å²) in [6, 6.07) is -0.709. The fourth-order valence-corrected chi connectivity index (χ4v) is 2.74. The van der Waals surface area contributed by atoms with Gasteiger partial charge in [0, 0.05) is 19.1 Å². The van der Waals surface area contributed by atoms with E-state index in [2.05, 4.69) is 5.10 Å². The molecule has 1 atom stereocenters. The summed E-state index contributed by atoms with van der Waals surface area (Å²) >= 11 is 0. The maximum Gasteiger partial charge on any atom is 0.471 e. The minimum Gasteiger partial charge on any atom is -0.394 e. The largest absolute Gasteiger partial charge is 0.471 e. The van der Waals surface area contributed by atoms with Gasteiger partial charge in [-0.1, -0.05) is 0 Å². The molecule has 1 amide bonds. The molecule has 0 saturated carbocycles. The van der Waals surface area contributed by atoms with E-state index >= 15 is 0 Å². The quantitative estimate of drug-likeness (QED) is 0.796. The first-order valence-corrected chi connectivity index (χ1v) is 7.48. The van der Waals surface area contributed by atoms with E-state index < -0.39 is 30.8 Å². The molecule has 1 saturated heterocycles. The molecule has 25 heavy (non-hydrogen) atoms. The molecular formula is C13H17F6N5O. The van der Waals surface area contributed by atoms with E-state index in [1.165, 1.54) is 0 Å². The van der Waals surface area contributed by atoms with Gasteiger partial charge in [0.2, 0.25) is 0 Å². The fraction of sp³-hybridized carbons (Fsp3) is 0.692. The Morgan fingerprint density at radius 3 is 2.52 bits per heavy atom. The molecule has 2 heterocycles. The SMILES string of the molecule is Nc1cnn(CC(F)(F)F)c1N1CCCC(NC(=O)C(F)(F)F)CC1. The third kappa shape index (κ3) is 5.16. The van der Waals surface area contributed by atoms with Crippen LogP contribution < -0.4 is 16.0 Å². The van der Waals surface area contributed by atoms with E-state index in [0.717, 1.165) is 10.9 Å². The maximum atomic E-state index is 12.6. The Bertz CT molecular complexity index is 611. The Hall–Kier alpha value is -2.14. The van der Waals surface area contributed by atoms with Gasteiger partial charge in [-0.2, -0.15) is 31.4 Å². The van der Waals surface area contributed by atoms with Crippen LogP contribution in [-0.2, 0) is 11.3 Å². The van der Waals surface area contributed by atoms with Crippen molar-refractivity contribution < 1.29 is 31.1 Å². The number of rotatable bonds is 3. The smallest absolute Gasteiger partial charge is 0.394 e. The molecule has 3 N–H and O–H groups in total. The molecule has 6 nitrogen and oxygen atoms in total. The second-order valence-electron chi connectivity index (χ2n) is 5.78. The van der Waals surface area contributed by atoms with Gasteiger partial charge in [-0.25, -0.2) is 4.68 Å². The molecule has 0 spiro atoms. The van der Waals surface area contributed by atoms with Crippen LogP contribution in [0.25, 0.3) is 0 Å². The minimum atomic E-state index is -4.97. The zero-order valence-corrected chi connectivity index (χ0v) is 13.0. The standard InChI is InChI=1S/C13H17F6N5O/c14-12(15,16)7-24-10(9(20)6-21-24)23-4-1-2-8(3-5-23)22-11(25)13(17,18)19/h6,8H,1-5,7,20H2,(H,22,25). The lowest BCUT2D eigenvalue weighted by Gasteiger charge is -2.25. The average molecular weight is 373 g/mol. The molecule has 1 aliphatic rings. The second-order valence-corrected chi connectivity index (χ2v) is 5.78. The number of nitrogens with zero attached hydrogens (tertiary/aromatic N) is 3. The van der Waals surface area contributed by atoms with Crippen molar-refractivity contribution in [3.05, 3.63) is 6.20 Å². The highest BCUT2D eigenvalue weighted by Crippen LogP contribution is 2.29. The van der Waals surface area contributed by atoms with E-state index in [4.69, 9.17) is 5.73 Å². The lowest BCUT2D eigenvalue weighted by atomic mass is 10.1. The van der Waals surface area contributed by atoms with Crippen LogP contribution in [0, 0.1) is 0 Å². The molecule has 2 rings (SSSR count). The fourth-order valence-electron chi connectivity index (χ4n) is 2.74. The number of nitrogens with two attached hydrogens (primary N) is 1. The molecule has 0 aliphatic carbocycles. The lowest BCUT2D eigenvalue weighted by Crippen LogP contribution is -2.43. The third-order valence-electron chi connectivity index (χ3n) is 3.79. The number of hydrogen-bond donors (Lipinski definition) is 2. The highest BCUT2D eigenvalue weighted by Gasteiger charge is 2.40. The van der Waals surface area contributed by atoms with Crippen LogP contribution in [0.5, 0.6) is 0 Å². The summed E-state index contributed by atoms with van der Waals surface area (Å²) in [5.41, 5.74) is 5.76. The van der Waals surface area contributed by atoms with Crippen LogP contribution >= 0.6 is 0 Å². The number of nitrogen functional groups attached to an aromatic ring is 1. The van der Waals surface area contributed by atoms with Crippen LogP contribution in [0.3, 0.4) is 0 Å². The number of carbonyl (C=O) groups is 1. The van der Waals surface area contributed by atoms with E-state index in [1.807, 2.05) is 5.32 Å². The van der Waals surface area contributed by atoms with Gasteiger partial charge in [-0.15, -0.1) is 0 Å². The molecule has 0 aromatic carbocycles. The minimum absolute atomic E-state index is 0.0574. The van der Waals surface area contributed by atoms with Gasteiger partial charge in [0.1, 0.15) is 6.54 Å². The summed E-state index contributed by atoms with van der Waals surface area (Å²) in [6.07, 6.45) is -7.53. The van der Waals surface area contributed by atoms with Gasteiger partial charge in [-0.05, 0) is 19.3 Å².